The Morgan fingerprint density at radius 1 is 1.06 bits per heavy atom. The molecule has 0 aromatic carbocycles. The van der Waals surface area contributed by atoms with E-state index in [-0.39, 0.29) is 11.9 Å². The van der Waals surface area contributed by atoms with Crippen molar-refractivity contribution in [3.63, 3.8) is 0 Å². The summed E-state index contributed by atoms with van der Waals surface area (Å²) in [4.78, 5) is 31.3. The van der Waals surface area contributed by atoms with Gasteiger partial charge in [0.1, 0.15) is 16.8 Å². The molecule has 0 saturated heterocycles. The number of ether oxygens (including phenoxy) is 1. The number of carbonyl (C=O) groups excluding carboxylic acids is 2. The van der Waals surface area contributed by atoms with Gasteiger partial charge in [-0.2, -0.15) is 0 Å². The quantitative estimate of drug-likeness (QED) is 0.609. The van der Waals surface area contributed by atoms with Gasteiger partial charge >= 0.3 is 5.97 Å². The molecule has 5 saturated carbocycles. The molecule has 2 aromatic rings. The molecule has 2 heterocycles. The average Bonchev–Trinajstić information content (AvgIpc) is 3.27. The van der Waals surface area contributed by atoms with Crippen molar-refractivity contribution in [2.45, 2.75) is 83.0 Å². The van der Waals surface area contributed by atoms with E-state index >= 15 is 0 Å². The summed E-state index contributed by atoms with van der Waals surface area (Å²) in [6.07, 6.45) is 14.6. The number of amides is 1. The Labute approximate surface area is 201 Å². The van der Waals surface area contributed by atoms with Gasteiger partial charge in [-0.15, -0.1) is 0 Å². The Kier molecular flexibility index (Phi) is 5.45. The second-order valence-corrected chi connectivity index (χ2v) is 11.7. The number of nitrogens with zero attached hydrogens (tertiary/aromatic N) is 2. The van der Waals surface area contributed by atoms with E-state index in [2.05, 4.69) is 5.32 Å². The van der Waals surface area contributed by atoms with Crippen LogP contribution in [0.3, 0.4) is 0 Å². The number of pyridine rings is 1. The first-order valence-electron chi connectivity index (χ1n) is 13.4. The Hall–Kier alpha value is -2.37. The zero-order chi connectivity index (χ0) is 23.3. The van der Waals surface area contributed by atoms with Crippen molar-refractivity contribution in [3.05, 3.63) is 35.8 Å². The minimum atomic E-state index is -0.701. The molecule has 4 bridgehead atoms. The highest BCUT2D eigenvalue weighted by Gasteiger charge is 2.51. The Morgan fingerprint density at radius 3 is 2.38 bits per heavy atom. The summed E-state index contributed by atoms with van der Waals surface area (Å²) in [6, 6.07) is 5.68. The molecule has 0 spiro atoms. The standard InChI is InChI=1S/C28H37N3O3/c1-2-34-26(33)28(9-4-3-5-10-28)23-17-31-22(7-6-8-24(31)30-23)25(32)29-18-27-14-19-11-20(15-27)13-21(12-19)16-27/h6-8,17,19-21H,2-5,9-16,18H2,1H3,(H,29,32). The summed E-state index contributed by atoms with van der Waals surface area (Å²) in [5.74, 6) is 2.40. The molecule has 0 unspecified atom stereocenters. The van der Waals surface area contributed by atoms with Crippen LogP contribution in [-0.4, -0.2) is 34.4 Å². The first-order chi connectivity index (χ1) is 16.5. The van der Waals surface area contributed by atoms with Crippen LogP contribution in [0, 0.1) is 23.2 Å². The number of hydrogen-bond donors (Lipinski definition) is 1. The van der Waals surface area contributed by atoms with E-state index in [1.165, 1.54) is 38.5 Å². The van der Waals surface area contributed by atoms with Crippen molar-refractivity contribution in [2.24, 2.45) is 23.2 Å². The number of fused-ring (bicyclic) bond motifs is 1. The molecule has 0 radical (unpaired) electrons. The molecule has 6 nitrogen and oxygen atoms in total. The van der Waals surface area contributed by atoms with Gasteiger partial charge in [0.15, 0.2) is 0 Å². The predicted molar refractivity (Wildman–Crippen MR) is 130 cm³/mol. The first-order valence-corrected chi connectivity index (χ1v) is 13.4. The normalized spacial score (nSPS) is 31.5. The maximum atomic E-state index is 13.4. The summed E-state index contributed by atoms with van der Waals surface area (Å²) in [5, 5.41) is 3.31. The van der Waals surface area contributed by atoms with E-state index in [0.717, 1.165) is 62.1 Å². The summed E-state index contributed by atoms with van der Waals surface area (Å²) < 4.78 is 7.38. The van der Waals surface area contributed by atoms with Crippen molar-refractivity contribution >= 4 is 17.5 Å². The van der Waals surface area contributed by atoms with Crippen LogP contribution in [0.4, 0.5) is 0 Å². The third-order valence-electron chi connectivity index (χ3n) is 9.38. The number of nitrogens with one attached hydrogen (secondary N) is 1. The molecule has 5 fully saturated rings. The van der Waals surface area contributed by atoms with Crippen LogP contribution in [0.1, 0.15) is 93.7 Å². The van der Waals surface area contributed by atoms with Gasteiger partial charge in [0, 0.05) is 12.7 Å². The van der Waals surface area contributed by atoms with E-state index in [1.54, 1.807) is 0 Å². The maximum absolute atomic E-state index is 13.4. The maximum Gasteiger partial charge on any atom is 0.318 e. The molecule has 5 aliphatic rings. The van der Waals surface area contributed by atoms with Crippen LogP contribution in [0.25, 0.3) is 5.65 Å². The van der Waals surface area contributed by atoms with E-state index < -0.39 is 5.41 Å². The second kappa shape index (κ2) is 8.39. The summed E-state index contributed by atoms with van der Waals surface area (Å²) in [5.41, 5.74) is 1.65. The van der Waals surface area contributed by atoms with Crippen LogP contribution in [0.15, 0.2) is 24.4 Å². The third kappa shape index (κ3) is 3.64. The fraction of sp³-hybridized carbons (Fsp3) is 0.679. The van der Waals surface area contributed by atoms with Gasteiger partial charge in [-0.1, -0.05) is 25.3 Å². The van der Waals surface area contributed by atoms with E-state index in [0.29, 0.717) is 23.4 Å². The van der Waals surface area contributed by atoms with Crippen LogP contribution in [0.2, 0.25) is 0 Å². The topological polar surface area (TPSA) is 72.7 Å². The number of carbonyl (C=O) groups is 2. The van der Waals surface area contributed by atoms with Crippen molar-refractivity contribution in [2.75, 3.05) is 13.2 Å². The minimum Gasteiger partial charge on any atom is -0.465 e. The average molecular weight is 464 g/mol. The molecule has 1 amide bonds. The lowest BCUT2D eigenvalue weighted by atomic mass is 9.49. The lowest BCUT2D eigenvalue weighted by Crippen LogP contribution is -2.51. The molecule has 182 valence electrons. The molecule has 1 N–H and O–H groups in total. The van der Waals surface area contributed by atoms with Gasteiger partial charge in [-0.3, -0.25) is 14.0 Å². The van der Waals surface area contributed by atoms with E-state index in [1.807, 2.05) is 35.7 Å². The van der Waals surface area contributed by atoms with Gasteiger partial charge in [0.05, 0.1) is 12.3 Å². The fourth-order valence-electron chi connectivity index (χ4n) is 8.28. The Morgan fingerprint density at radius 2 is 1.74 bits per heavy atom. The minimum absolute atomic E-state index is 0.0425. The predicted octanol–water partition coefficient (Wildman–Crippen LogP) is 5.05. The lowest BCUT2D eigenvalue weighted by molar-refractivity contribution is -0.151. The highest BCUT2D eigenvalue weighted by Crippen LogP contribution is 2.59. The van der Waals surface area contributed by atoms with Crippen molar-refractivity contribution < 1.29 is 14.3 Å². The lowest BCUT2D eigenvalue weighted by Gasteiger charge is -2.56. The zero-order valence-corrected chi connectivity index (χ0v) is 20.4. The smallest absolute Gasteiger partial charge is 0.318 e. The molecule has 34 heavy (non-hydrogen) atoms. The Bertz CT molecular complexity index is 1060. The van der Waals surface area contributed by atoms with Crippen LogP contribution in [-0.2, 0) is 14.9 Å². The third-order valence-corrected chi connectivity index (χ3v) is 9.38. The highest BCUT2D eigenvalue weighted by atomic mass is 16.5. The number of imidazole rings is 1. The number of hydrogen-bond acceptors (Lipinski definition) is 4. The van der Waals surface area contributed by atoms with Gasteiger partial charge in [0.2, 0.25) is 0 Å². The Balaban J connectivity index is 1.26. The van der Waals surface area contributed by atoms with Crippen molar-refractivity contribution in [3.8, 4) is 0 Å². The van der Waals surface area contributed by atoms with Gasteiger partial charge in [0.25, 0.3) is 5.91 Å². The fourth-order valence-corrected chi connectivity index (χ4v) is 8.28. The highest BCUT2D eigenvalue weighted by molar-refractivity contribution is 5.93. The molecule has 6 heteroatoms. The van der Waals surface area contributed by atoms with Gasteiger partial charge in [-0.05, 0) is 93.6 Å². The van der Waals surface area contributed by atoms with E-state index in [9.17, 15) is 9.59 Å². The largest absolute Gasteiger partial charge is 0.465 e. The first kappa shape index (κ1) is 22.1. The van der Waals surface area contributed by atoms with Gasteiger partial charge < -0.3 is 10.1 Å². The van der Waals surface area contributed by atoms with Crippen LogP contribution >= 0.6 is 0 Å². The summed E-state index contributed by atoms with van der Waals surface area (Å²) >= 11 is 0. The SMILES string of the molecule is CCOC(=O)C1(c2cn3c(C(=O)NCC45CC6CC(CC(C6)C4)C5)cccc3n2)CCCCC1. The molecule has 0 aliphatic heterocycles. The number of aromatic nitrogens is 2. The van der Waals surface area contributed by atoms with E-state index in [4.69, 9.17) is 9.72 Å². The van der Waals surface area contributed by atoms with Crippen LogP contribution < -0.4 is 5.32 Å². The molecule has 7 rings (SSSR count). The number of esters is 1. The summed E-state index contributed by atoms with van der Waals surface area (Å²) in [6.45, 7) is 3.00. The summed E-state index contributed by atoms with van der Waals surface area (Å²) in [7, 11) is 0. The van der Waals surface area contributed by atoms with Crippen molar-refractivity contribution in [1.29, 1.82) is 0 Å². The monoisotopic (exact) mass is 463 g/mol. The molecular formula is C28H37N3O3. The second-order valence-electron chi connectivity index (χ2n) is 11.7. The molecule has 0 atom stereocenters. The molecule has 2 aromatic heterocycles. The zero-order valence-electron chi connectivity index (χ0n) is 20.4. The van der Waals surface area contributed by atoms with Crippen LogP contribution in [0.5, 0.6) is 0 Å². The van der Waals surface area contributed by atoms with Gasteiger partial charge in [-0.25, -0.2) is 4.98 Å². The molecule has 5 aliphatic carbocycles. The number of rotatable bonds is 6. The van der Waals surface area contributed by atoms with Crippen molar-refractivity contribution in [1.82, 2.24) is 14.7 Å². The molecular weight excluding hydrogens is 426 g/mol.